The van der Waals surface area contributed by atoms with E-state index in [9.17, 15) is 0 Å². The maximum absolute atomic E-state index is 5.80. The molecule has 2 N–H and O–H groups in total. The highest BCUT2D eigenvalue weighted by Crippen LogP contribution is 2.37. The third kappa shape index (κ3) is 2.59. The Kier molecular flexibility index (Phi) is 3.69. The van der Waals surface area contributed by atoms with Crippen molar-refractivity contribution in [3.05, 3.63) is 24.0 Å². The standard InChI is InChI=1S/C15H21N3S/c16-15(19)14-13(6-3-8-17-14)18-9-7-11-4-1-2-5-12(11)10-18/h3,6,8,11-12H,1-2,4-5,7,9-10H2,(H2,16,19). The summed E-state index contributed by atoms with van der Waals surface area (Å²) >= 11 is 5.12. The zero-order valence-electron chi connectivity index (χ0n) is 11.2. The largest absolute Gasteiger partial charge is 0.388 e. The number of rotatable bonds is 2. The van der Waals surface area contributed by atoms with E-state index in [0.29, 0.717) is 4.99 Å². The molecule has 0 aromatic carbocycles. The number of nitrogens with two attached hydrogens (primary N) is 1. The van der Waals surface area contributed by atoms with Gasteiger partial charge in [-0.2, -0.15) is 0 Å². The quantitative estimate of drug-likeness (QED) is 0.843. The van der Waals surface area contributed by atoms with Crippen molar-refractivity contribution in [2.75, 3.05) is 18.0 Å². The summed E-state index contributed by atoms with van der Waals surface area (Å²) in [5.74, 6) is 1.79. The molecule has 4 heteroatoms. The lowest BCUT2D eigenvalue weighted by atomic mass is 9.75. The van der Waals surface area contributed by atoms with Crippen LogP contribution in [0.3, 0.4) is 0 Å². The van der Waals surface area contributed by atoms with Crippen LogP contribution in [0, 0.1) is 11.8 Å². The highest BCUT2D eigenvalue weighted by Gasteiger charge is 2.32. The first kappa shape index (κ1) is 12.9. The van der Waals surface area contributed by atoms with Crippen LogP contribution >= 0.6 is 12.2 Å². The summed E-state index contributed by atoms with van der Waals surface area (Å²) in [6, 6.07) is 4.08. The molecule has 2 aliphatic rings. The normalized spacial score (nSPS) is 26.8. The highest BCUT2D eigenvalue weighted by atomic mass is 32.1. The van der Waals surface area contributed by atoms with Gasteiger partial charge in [-0.15, -0.1) is 0 Å². The second kappa shape index (κ2) is 5.45. The van der Waals surface area contributed by atoms with Gasteiger partial charge in [0.05, 0.1) is 5.69 Å². The average Bonchev–Trinajstić information content (AvgIpc) is 2.46. The topological polar surface area (TPSA) is 42.1 Å². The smallest absolute Gasteiger partial charge is 0.124 e. The summed E-state index contributed by atoms with van der Waals surface area (Å²) in [5.41, 5.74) is 7.70. The van der Waals surface area contributed by atoms with E-state index in [-0.39, 0.29) is 0 Å². The highest BCUT2D eigenvalue weighted by molar-refractivity contribution is 7.80. The van der Waals surface area contributed by atoms with Gasteiger partial charge < -0.3 is 10.6 Å². The predicted molar refractivity (Wildman–Crippen MR) is 82.4 cm³/mol. The van der Waals surface area contributed by atoms with Crippen LogP contribution in [0.2, 0.25) is 0 Å². The number of piperidine rings is 1. The minimum atomic E-state index is 0.404. The van der Waals surface area contributed by atoms with Crippen molar-refractivity contribution in [2.45, 2.75) is 32.1 Å². The Balaban J connectivity index is 1.81. The van der Waals surface area contributed by atoms with Gasteiger partial charge in [-0.3, -0.25) is 4.98 Å². The van der Waals surface area contributed by atoms with Gasteiger partial charge in [0.2, 0.25) is 0 Å². The van der Waals surface area contributed by atoms with Crippen molar-refractivity contribution < 1.29 is 0 Å². The first-order valence-electron chi connectivity index (χ1n) is 7.25. The predicted octanol–water partition coefficient (Wildman–Crippen LogP) is 2.73. The van der Waals surface area contributed by atoms with Crippen molar-refractivity contribution in [1.82, 2.24) is 4.98 Å². The number of nitrogens with zero attached hydrogens (tertiary/aromatic N) is 2. The van der Waals surface area contributed by atoms with Crippen LogP contribution in [0.15, 0.2) is 18.3 Å². The van der Waals surface area contributed by atoms with E-state index < -0.39 is 0 Å². The zero-order chi connectivity index (χ0) is 13.2. The molecule has 2 unspecified atom stereocenters. The SMILES string of the molecule is NC(=S)c1ncccc1N1CCC2CCCCC2C1. The maximum atomic E-state index is 5.80. The number of anilines is 1. The van der Waals surface area contributed by atoms with Crippen LogP contribution in [0.25, 0.3) is 0 Å². The number of aromatic nitrogens is 1. The Hall–Kier alpha value is -1.16. The van der Waals surface area contributed by atoms with Gasteiger partial charge in [0, 0.05) is 19.3 Å². The van der Waals surface area contributed by atoms with Crippen LogP contribution in [-0.2, 0) is 0 Å². The molecule has 1 saturated carbocycles. The van der Waals surface area contributed by atoms with Crippen molar-refractivity contribution >= 4 is 22.9 Å². The molecule has 3 rings (SSSR count). The van der Waals surface area contributed by atoms with Gasteiger partial charge in [-0.05, 0) is 36.8 Å². The average molecular weight is 275 g/mol. The first-order chi connectivity index (χ1) is 9.25. The summed E-state index contributed by atoms with van der Waals surface area (Å²) in [5, 5.41) is 0. The minimum Gasteiger partial charge on any atom is -0.388 e. The molecule has 0 spiro atoms. The summed E-state index contributed by atoms with van der Waals surface area (Å²) in [6.45, 7) is 2.26. The Morgan fingerprint density at radius 1 is 1.26 bits per heavy atom. The molecule has 1 aliphatic heterocycles. The van der Waals surface area contributed by atoms with Crippen molar-refractivity contribution in [2.24, 2.45) is 17.6 Å². The summed E-state index contributed by atoms with van der Waals surface area (Å²) in [4.78, 5) is 7.19. The summed E-state index contributed by atoms with van der Waals surface area (Å²) < 4.78 is 0. The van der Waals surface area contributed by atoms with Crippen LogP contribution in [0.5, 0.6) is 0 Å². The van der Waals surface area contributed by atoms with E-state index in [0.717, 1.165) is 36.3 Å². The minimum absolute atomic E-state index is 0.404. The summed E-state index contributed by atoms with van der Waals surface area (Å²) in [6.07, 6.45) is 8.69. The fraction of sp³-hybridized carbons (Fsp3) is 0.600. The maximum Gasteiger partial charge on any atom is 0.124 e. The van der Waals surface area contributed by atoms with E-state index >= 15 is 0 Å². The fourth-order valence-electron chi connectivity index (χ4n) is 3.66. The van der Waals surface area contributed by atoms with E-state index in [2.05, 4.69) is 16.0 Å². The lowest BCUT2D eigenvalue weighted by molar-refractivity contribution is 0.202. The summed E-state index contributed by atoms with van der Waals surface area (Å²) in [7, 11) is 0. The first-order valence-corrected chi connectivity index (χ1v) is 7.66. The van der Waals surface area contributed by atoms with Gasteiger partial charge in [-0.25, -0.2) is 0 Å². The third-order valence-electron chi connectivity index (χ3n) is 4.65. The second-order valence-corrected chi connectivity index (χ2v) is 6.21. The lowest BCUT2D eigenvalue weighted by Gasteiger charge is -2.42. The van der Waals surface area contributed by atoms with Gasteiger partial charge in [0.15, 0.2) is 0 Å². The van der Waals surface area contributed by atoms with Gasteiger partial charge >= 0.3 is 0 Å². The molecule has 102 valence electrons. The molecular formula is C15H21N3S. The molecule has 2 fully saturated rings. The molecule has 2 atom stereocenters. The Labute approximate surface area is 120 Å². The molecule has 3 nitrogen and oxygen atoms in total. The van der Waals surface area contributed by atoms with E-state index in [1.54, 1.807) is 6.20 Å². The molecule has 1 aliphatic carbocycles. The van der Waals surface area contributed by atoms with Gasteiger partial charge in [0.25, 0.3) is 0 Å². The number of fused-ring (bicyclic) bond motifs is 1. The number of hydrogen-bond donors (Lipinski definition) is 1. The van der Waals surface area contributed by atoms with E-state index in [1.165, 1.54) is 32.1 Å². The zero-order valence-corrected chi connectivity index (χ0v) is 12.0. The van der Waals surface area contributed by atoms with Crippen LogP contribution in [0.1, 0.15) is 37.8 Å². The monoisotopic (exact) mass is 275 g/mol. The molecule has 19 heavy (non-hydrogen) atoms. The van der Waals surface area contributed by atoms with Gasteiger partial charge in [-0.1, -0.05) is 31.5 Å². The van der Waals surface area contributed by atoms with Crippen molar-refractivity contribution in [3.8, 4) is 0 Å². The van der Waals surface area contributed by atoms with Gasteiger partial charge in [0.1, 0.15) is 10.7 Å². The molecule has 0 bridgehead atoms. The Bertz CT molecular complexity index is 474. The second-order valence-electron chi connectivity index (χ2n) is 5.77. The van der Waals surface area contributed by atoms with Crippen molar-refractivity contribution in [1.29, 1.82) is 0 Å². The number of thiocarbonyl (C=S) groups is 1. The molecule has 0 radical (unpaired) electrons. The Morgan fingerprint density at radius 3 is 2.84 bits per heavy atom. The molecule has 1 aromatic heterocycles. The van der Waals surface area contributed by atoms with Crippen molar-refractivity contribution in [3.63, 3.8) is 0 Å². The number of hydrogen-bond acceptors (Lipinski definition) is 3. The van der Waals surface area contributed by atoms with Crippen LogP contribution in [-0.4, -0.2) is 23.1 Å². The van der Waals surface area contributed by atoms with Crippen LogP contribution in [0.4, 0.5) is 5.69 Å². The van der Waals surface area contributed by atoms with Crippen LogP contribution < -0.4 is 10.6 Å². The molecule has 0 amide bonds. The van der Waals surface area contributed by atoms with E-state index in [1.807, 2.05) is 6.07 Å². The lowest BCUT2D eigenvalue weighted by Crippen LogP contribution is -2.42. The molecule has 2 heterocycles. The fourth-order valence-corrected chi connectivity index (χ4v) is 3.82. The molecule has 1 saturated heterocycles. The molecule has 1 aromatic rings. The van der Waals surface area contributed by atoms with E-state index in [4.69, 9.17) is 18.0 Å². The third-order valence-corrected chi connectivity index (χ3v) is 4.85. The Morgan fingerprint density at radius 2 is 2.05 bits per heavy atom. The number of pyridine rings is 1. The molecular weight excluding hydrogens is 254 g/mol.